The Labute approximate surface area is 127 Å². The van der Waals surface area contributed by atoms with E-state index in [0.717, 1.165) is 16.8 Å². The highest BCUT2D eigenvalue weighted by molar-refractivity contribution is 6.33. The van der Waals surface area contributed by atoms with Gasteiger partial charge in [0.1, 0.15) is 16.5 Å². The Morgan fingerprint density at radius 3 is 2.25 bits per heavy atom. The number of benzene rings is 1. The Kier molecular flexibility index (Phi) is 4.68. The van der Waals surface area contributed by atoms with Crippen LogP contribution in [0.4, 0.5) is 0 Å². The van der Waals surface area contributed by atoms with Crippen molar-refractivity contribution in [2.45, 2.75) is 13.3 Å². The maximum Gasteiger partial charge on any atom is 0.222 e. The average molecular weight is 313 g/mol. The SMILES string of the molecule is COc1cc(Cc2nc(Cl)ncc2C)cc(OC)c1Cl. The molecule has 0 N–H and O–H groups in total. The highest BCUT2D eigenvalue weighted by Gasteiger charge is 2.12. The number of hydrogen-bond acceptors (Lipinski definition) is 4. The van der Waals surface area contributed by atoms with Gasteiger partial charge in [-0.25, -0.2) is 9.97 Å². The lowest BCUT2D eigenvalue weighted by Crippen LogP contribution is -1.99. The molecule has 1 heterocycles. The number of rotatable bonds is 4. The van der Waals surface area contributed by atoms with Gasteiger partial charge in [0.25, 0.3) is 0 Å². The normalized spacial score (nSPS) is 10.4. The highest BCUT2D eigenvalue weighted by atomic mass is 35.5. The summed E-state index contributed by atoms with van der Waals surface area (Å²) in [5.74, 6) is 1.14. The molecule has 0 bridgehead atoms. The van der Waals surface area contributed by atoms with Crippen molar-refractivity contribution in [3.63, 3.8) is 0 Å². The molecule has 0 amide bonds. The Bertz CT molecular complexity index is 608. The molecule has 1 aromatic carbocycles. The lowest BCUT2D eigenvalue weighted by molar-refractivity contribution is 0.394. The van der Waals surface area contributed by atoms with E-state index in [0.29, 0.717) is 22.9 Å². The van der Waals surface area contributed by atoms with Crippen LogP contribution in [0.15, 0.2) is 18.3 Å². The van der Waals surface area contributed by atoms with Gasteiger partial charge >= 0.3 is 0 Å². The summed E-state index contributed by atoms with van der Waals surface area (Å²) < 4.78 is 10.5. The van der Waals surface area contributed by atoms with Crippen molar-refractivity contribution in [2.24, 2.45) is 0 Å². The molecule has 0 saturated heterocycles. The van der Waals surface area contributed by atoms with Gasteiger partial charge in [0.2, 0.25) is 5.28 Å². The van der Waals surface area contributed by atoms with E-state index in [-0.39, 0.29) is 5.28 Å². The third-order valence-corrected chi connectivity index (χ3v) is 3.48. The van der Waals surface area contributed by atoms with Crippen LogP contribution in [0.2, 0.25) is 10.3 Å². The predicted octanol–water partition coefficient (Wildman–Crippen LogP) is 3.70. The molecule has 0 spiro atoms. The fourth-order valence-corrected chi connectivity index (χ4v) is 2.27. The summed E-state index contributed by atoms with van der Waals surface area (Å²) >= 11 is 12.0. The average Bonchev–Trinajstić information content (AvgIpc) is 2.44. The Balaban J connectivity index is 2.40. The van der Waals surface area contributed by atoms with E-state index in [4.69, 9.17) is 32.7 Å². The molecule has 0 aliphatic carbocycles. The number of aromatic nitrogens is 2. The van der Waals surface area contributed by atoms with Gasteiger partial charge in [0.15, 0.2) is 0 Å². The van der Waals surface area contributed by atoms with Gasteiger partial charge in [-0.05, 0) is 41.8 Å². The molecular formula is C14H14Cl2N2O2. The Morgan fingerprint density at radius 1 is 1.10 bits per heavy atom. The zero-order chi connectivity index (χ0) is 14.7. The zero-order valence-electron chi connectivity index (χ0n) is 11.4. The number of aryl methyl sites for hydroxylation is 1. The van der Waals surface area contributed by atoms with Crippen LogP contribution in [0.5, 0.6) is 11.5 Å². The van der Waals surface area contributed by atoms with Gasteiger partial charge < -0.3 is 9.47 Å². The Morgan fingerprint density at radius 2 is 1.70 bits per heavy atom. The van der Waals surface area contributed by atoms with Gasteiger partial charge in [0.05, 0.1) is 19.9 Å². The first-order valence-electron chi connectivity index (χ1n) is 5.93. The van der Waals surface area contributed by atoms with Crippen molar-refractivity contribution < 1.29 is 9.47 Å². The number of ether oxygens (including phenoxy) is 2. The summed E-state index contributed by atoms with van der Waals surface area (Å²) in [6, 6.07) is 3.72. The quantitative estimate of drug-likeness (QED) is 0.807. The van der Waals surface area contributed by atoms with E-state index in [1.54, 1.807) is 20.4 Å². The largest absolute Gasteiger partial charge is 0.495 e. The molecule has 6 heteroatoms. The highest BCUT2D eigenvalue weighted by Crippen LogP contribution is 2.35. The molecule has 20 heavy (non-hydrogen) atoms. The first-order valence-corrected chi connectivity index (χ1v) is 6.69. The molecular weight excluding hydrogens is 299 g/mol. The molecule has 0 radical (unpaired) electrons. The molecule has 0 fully saturated rings. The van der Waals surface area contributed by atoms with E-state index < -0.39 is 0 Å². The maximum absolute atomic E-state index is 6.14. The van der Waals surface area contributed by atoms with Crippen LogP contribution in [-0.4, -0.2) is 24.2 Å². The summed E-state index contributed by atoms with van der Waals surface area (Å²) in [5.41, 5.74) is 2.81. The topological polar surface area (TPSA) is 44.2 Å². The van der Waals surface area contributed by atoms with Crippen molar-refractivity contribution in [2.75, 3.05) is 14.2 Å². The van der Waals surface area contributed by atoms with Gasteiger partial charge in [-0.3, -0.25) is 0 Å². The summed E-state index contributed by atoms with van der Waals surface area (Å²) in [7, 11) is 3.13. The lowest BCUT2D eigenvalue weighted by Gasteiger charge is -2.12. The molecule has 4 nitrogen and oxygen atoms in total. The zero-order valence-corrected chi connectivity index (χ0v) is 12.9. The van der Waals surface area contributed by atoms with Crippen LogP contribution in [0, 0.1) is 6.92 Å². The van der Waals surface area contributed by atoms with Crippen LogP contribution < -0.4 is 9.47 Å². The van der Waals surface area contributed by atoms with Gasteiger partial charge in [-0.2, -0.15) is 0 Å². The molecule has 0 atom stereocenters. The van der Waals surface area contributed by atoms with Gasteiger partial charge in [-0.1, -0.05) is 11.6 Å². The molecule has 1 aromatic heterocycles. The number of nitrogens with zero attached hydrogens (tertiary/aromatic N) is 2. The van der Waals surface area contributed by atoms with Crippen LogP contribution in [0.1, 0.15) is 16.8 Å². The van der Waals surface area contributed by atoms with Crippen molar-refractivity contribution in [1.29, 1.82) is 0 Å². The predicted molar refractivity (Wildman–Crippen MR) is 79.1 cm³/mol. The minimum absolute atomic E-state index is 0.235. The van der Waals surface area contributed by atoms with Crippen LogP contribution in [0.25, 0.3) is 0 Å². The summed E-state index contributed by atoms with van der Waals surface area (Å²) in [5, 5.41) is 0.690. The number of hydrogen-bond donors (Lipinski definition) is 0. The second kappa shape index (κ2) is 6.29. The van der Waals surface area contributed by atoms with Crippen LogP contribution in [0.3, 0.4) is 0 Å². The summed E-state index contributed by atoms with van der Waals surface area (Å²) in [4.78, 5) is 8.19. The molecule has 0 saturated carbocycles. The second-order valence-electron chi connectivity index (χ2n) is 4.26. The third-order valence-electron chi connectivity index (χ3n) is 2.92. The summed E-state index contributed by atoms with van der Waals surface area (Å²) in [6.07, 6.45) is 2.30. The Hall–Kier alpha value is -1.52. The van der Waals surface area contributed by atoms with Crippen LogP contribution >= 0.6 is 23.2 Å². The van der Waals surface area contributed by atoms with Crippen molar-refractivity contribution in [3.05, 3.63) is 45.5 Å². The molecule has 2 aromatic rings. The minimum Gasteiger partial charge on any atom is -0.495 e. The van der Waals surface area contributed by atoms with E-state index >= 15 is 0 Å². The third kappa shape index (κ3) is 3.14. The number of halogens is 2. The molecule has 2 rings (SSSR count). The molecule has 106 valence electrons. The molecule has 0 unspecified atom stereocenters. The first kappa shape index (κ1) is 14.9. The number of methoxy groups -OCH3 is 2. The van der Waals surface area contributed by atoms with E-state index in [2.05, 4.69) is 9.97 Å². The van der Waals surface area contributed by atoms with Gasteiger partial charge in [0, 0.05) is 12.6 Å². The second-order valence-corrected chi connectivity index (χ2v) is 4.98. The first-order chi connectivity index (χ1) is 9.55. The van der Waals surface area contributed by atoms with E-state index in [1.165, 1.54) is 0 Å². The summed E-state index contributed by atoms with van der Waals surface area (Å²) in [6.45, 7) is 1.94. The molecule has 0 aliphatic rings. The van der Waals surface area contributed by atoms with E-state index in [9.17, 15) is 0 Å². The smallest absolute Gasteiger partial charge is 0.222 e. The maximum atomic E-state index is 6.14. The fraction of sp³-hybridized carbons (Fsp3) is 0.286. The van der Waals surface area contributed by atoms with E-state index in [1.807, 2.05) is 19.1 Å². The van der Waals surface area contributed by atoms with Crippen LogP contribution in [-0.2, 0) is 6.42 Å². The van der Waals surface area contributed by atoms with Gasteiger partial charge in [-0.15, -0.1) is 0 Å². The monoisotopic (exact) mass is 312 g/mol. The standard InChI is InChI=1S/C14H14Cl2N2O2/c1-8-7-17-14(16)18-10(8)4-9-5-11(19-2)13(15)12(6-9)20-3/h5-7H,4H2,1-3H3. The van der Waals surface area contributed by atoms with Crippen molar-refractivity contribution in [1.82, 2.24) is 9.97 Å². The fourth-order valence-electron chi connectivity index (χ4n) is 1.85. The lowest BCUT2D eigenvalue weighted by atomic mass is 10.1. The molecule has 0 aliphatic heterocycles. The van der Waals surface area contributed by atoms with Crippen molar-refractivity contribution >= 4 is 23.2 Å². The minimum atomic E-state index is 0.235. The van der Waals surface area contributed by atoms with Crippen molar-refractivity contribution in [3.8, 4) is 11.5 Å².